The molecule has 0 aromatic heterocycles. The van der Waals surface area contributed by atoms with Gasteiger partial charge in [-0.3, -0.25) is 0 Å². The van der Waals surface area contributed by atoms with Gasteiger partial charge in [0.1, 0.15) is 0 Å². The number of rotatable bonds is 2. The van der Waals surface area contributed by atoms with Crippen LogP contribution in [-0.4, -0.2) is 19.0 Å². The maximum absolute atomic E-state index is 3.45. The maximum Gasteiger partial charge on any atom is 0.0228 e. The minimum Gasteiger partial charge on any atom is -0.305 e. The lowest BCUT2D eigenvalue weighted by atomic mass is 10.2. The van der Waals surface area contributed by atoms with E-state index in [1.165, 1.54) is 5.56 Å². The number of nitrogens with zero attached hydrogens (tertiary/aromatic N) is 1. The summed E-state index contributed by atoms with van der Waals surface area (Å²) in [7, 11) is 4.13. The third-order valence-corrected chi connectivity index (χ3v) is 2.34. The second-order valence-electron chi connectivity index (χ2n) is 3.02. The van der Waals surface area contributed by atoms with E-state index in [1.54, 1.807) is 0 Å². The number of hydrogen-bond acceptors (Lipinski definition) is 1. The molecule has 0 amide bonds. The van der Waals surface area contributed by atoms with E-state index in [-0.39, 0.29) is 0 Å². The first-order valence-electron chi connectivity index (χ1n) is 3.67. The topological polar surface area (TPSA) is 3.24 Å². The van der Waals surface area contributed by atoms with Crippen molar-refractivity contribution in [1.29, 1.82) is 0 Å². The molecule has 1 rings (SSSR count). The molecule has 1 aromatic rings. The van der Waals surface area contributed by atoms with E-state index in [0.29, 0.717) is 0 Å². The van der Waals surface area contributed by atoms with Gasteiger partial charge in [0.15, 0.2) is 0 Å². The standard InChI is InChI=1S/C9H11Br2N/c1-12(2)6-7-3-8(10)5-9(11)4-7/h3-5H,6H2,1-2H3. The van der Waals surface area contributed by atoms with E-state index in [9.17, 15) is 0 Å². The number of hydrogen-bond donors (Lipinski definition) is 0. The van der Waals surface area contributed by atoms with Gasteiger partial charge in [-0.05, 0) is 37.9 Å². The van der Waals surface area contributed by atoms with Gasteiger partial charge in [-0.1, -0.05) is 31.9 Å². The molecule has 1 nitrogen and oxygen atoms in total. The molecule has 0 saturated carbocycles. The third kappa shape index (κ3) is 3.25. The van der Waals surface area contributed by atoms with Crippen molar-refractivity contribution in [3.05, 3.63) is 32.7 Å². The molecule has 12 heavy (non-hydrogen) atoms. The molecule has 0 saturated heterocycles. The normalized spacial score (nSPS) is 10.8. The van der Waals surface area contributed by atoms with Crippen LogP contribution in [0.2, 0.25) is 0 Å². The van der Waals surface area contributed by atoms with Gasteiger partial charge in [-0.2, -0.15) is 0 Å². The summed E-state index contributed by atoms with van der Waals surface area (Å²) < 4.78 is 2.24. The Kier molecular flexibility index (Phi) is 3.75. The molecule has 0 atom stereocenters. The largest absolute Gasteiger partial charge is 0.305 e. The Morgan fingerprint density at radius 3 is 2.00 bits per heavy atom. The van der Waals surface area contributed by atoms with Gasteiger partial charge >= 0.3 is 0 Å². The second kappa shape index (κ2) is 4.40. The molecule has 0 aliphatic rings. The van der Waals surface area contributed by atoms with E-state index in [1.807, 2.05) is 6.07 Å². The summed E-state index contributed by atoms with van der Waals surface area (Å²) in [5, 5.41) is 0. The predicted octanol–water partition coefficient (Wildman–Crippen LogP) is 3.27. The summed E-state index contributed by atoms with van der Waals surface area (Å²) in [6, 6.07) is 6.30. The van der Waals surface area contributed by atoms with E-state index in [0.717, 1.165) is 15.5 Å². The van der Waals surface area contributed by atoms with Crippen molar-refractivity contribution in [2.45, 2.75) is 6.54 Å². The highest BCUT2D eigenvalue weighted by Gasteiger charge is 1.98. The zero-order valence-electron chi connectivity index (χ0n) is 7.14. The average Bonchev–Trinajstić information content (AvgIpc) is 1.81. The summed E-state index contributed by atoms with van der Waals surface area (Å²) in [5.74, 6) is 0. The Bertz CT molecular complexity index is 251. The van der Waals surface area contributed by atoms with Crippen molar-refractivity contribution in [3.63, 3.8) is 0 Å². The van der Waals surface area contributed by atoms with E-state index >= 15 is 0 Å². The van der Waals surface area contributed by atoms with Gasteiger partial charge in [0.25, 0.3) is 0 Å². The van der Waals surface area contributed by atoms with Crippen LogP contribution in [-0.2, 0) is 6.54 Å². The van der Waals surface area contributed by atoms with E-state index in [2.05, 4.69) is 63.0 Å². The monoisotopic (exact) mass is 291 g/mol. The summed E-state index contributed by atoms with van der Waals surface area (Å²) in [6.45, 7) is 0.970. The zero-order valence-corrected chi connectivity index (χ0v) is 10.3. The number of halogens is 2. The lowest BCUT2D eigenvalue weighted by Gasteiger charge is -2.09. The summed E-state index contributed by atoms with van der Waals surface area (Å²) >= 11 is 6.91. The molecule has 0 heterocycles. The van der Waals surface area contributed by atoms with Crippen LogP contribution in [0.3, 0.4) is 0 Å². The number of benzene rings is 1. The molecule has 0 fully saturated rings. The highest BCUT2D eigenvalue weighted by molar-refractivity contribution is 9.11. The molecular weight excluding hydrogens is 282 g/mol. The Hall–Kier alpha value is 0.140. The highest BCUT2D eigenvalue weighted by atomic mass is 79.9. The van der Waals surface area contributed by atoms with Crippen molar-refractivity contribution in [1.82, 2.24) is 4.90 Å². The van der Waals surface area contributed by atoms with Gasteiger partial charge < -0.3 is 4.90 Å². The molecule has 0 N–H and O–H groups in total. The Morgan fingerprint density at radius 1 is 1.08 bits per heavy atom. The third-order valence-electron chi connectivity index (χ3n) is 1.42. The van der Waals surface area contributed by atoms with Crippen LogP contribution in [0.15, 0.2) is 27.1 Å². The van der Waals surface area contributed by atoms with Crippen molar-refractivity contribution in [3.8, 4) is 0 Å². The Labute approximate surface area is 90.0 Å². The molecule has 1 aromatic carbocycles. The van der Waals surface area contributed by atoms with Crippen LogP contribution >= 0.6 is 31.9 Å². The van der Waals surface area contributed by atoms with Crippen LogP contribution in [0.4, 0.5) is 0 Å². The quantitative estimate of drug-likeness (QED) is 0.809. The Balaban J connectivity index is 2.85. The average molecular weight is 293 g/mol. The van der Waals surface area contributed by atoms with Gasteiger partial charge in [0, 0.05) is 15.5 Å². The van der Waals surface area contributed by atoms with E-state index < -0.39 is 0 Å². The first kappa shape index (κ1) is 10.2. The van der Waals surface area contributed by atoms with Gasteiger partial charge in [-0.25, -0.2) is 0 Å². The van der Waals surface area contributed by atoms with Gasteiger partial charge in [0.05, 0.1) is 0 Å². The fourth-order valence-corrected chi connectivity index (χ4v) is 2.46. The second-order valence-corrected chi connectivity index (χ2v) is 4.85. The fourth-order valence-electron chi connectivity index (χ4n) is 1.07. The zero-order chi connectivity index (χ0) is 9.14. The molecule has 3 heteroatoms. The smallest absolute Gasteiger partial charge is 0.0228 e. The highest BCUT2D eigenvalue weighted by Crippen LogP contribution is 2.20. The molecule has 0 spiro atoms. The maximum atomic E-state index is 3.45. The molecule has 66 valence electrons. The lowest BCUT2D eigenvalue weighted by Crippen LogP contribution is -2.10. The molecular formula is C9H11Br2N. The lowest BCUT2D eigenvalue weighted by molar-refractivity contribution is 0.402. The molecule has 0 aliphatic heterocycles. The SMILES string of the molecule is CN(C)Cc1cc(Br)cc(Br)c1. The van der Waals surface area contributed by atoms with Crippen molar-refractivity contribution < 1.29 is 0 Å². The minimum absolute atomic E-state index is 0.970. The van der Waals surface area contributed by atoms with Crippen LogP contribution in [0.5, 0.6) is 0 Å². The minimum atomic E-state index is 0.970. The van der Waals surface area contributed by atoms with Gasteiger partial charge in [0.2, 0.25) is 0 Å². The van der Waals surface area contributed by atoms with Crippen LogP contribution < -0.4 is 0 Å². The summed E-state index contributed by atoms with van der Waals surface area (Å²) in [4.78, 5) is 2.15. The van der Waals surface area contributed by atoms with Crippen LogP contribution in [0.1, 0.15) is 5.56 Å². The summed E-state index contributed by atoms with van der Waals surface area (Å²) in [5.41, 5.74) is 1.31. The first-order chi connectivity index (χ1) is 5.58. The molecule has 0 aliphatic carbocycles. The van der Waals surface area contributed by atoms with Crippen molar-refractivity contribution >= 4 is 31.9 Å². The van der Waals surface area contributed by atoms with Gasteiger partial charge in [-0.15, -0.1) is 0 Å². The Morgan fingerprint density at radius 2 is 1.58 bits per heavy atom. The van der Waals surface area contributed by atoms with E-state index in [4.69, 9.17) is 0 Å². The van der Waals surface area contributed by atoms with Crippen molar-refractivity contribution in [2.24, 2.45) is 0 Å². The van der Waals surface area contributed by atoms with Crippen LogP contribution in [0, 0.1) is 0 Å². The molecule has 0 radical (unpaired) electrons. The van der Waals surface area contributed by atoms with Crippen molar-refractivity contribution in [2.75, 3.05) is 14.1 Å². The fraction of sp³-hybridized carbons (Fsp3) is 0.333. The molecule has 0 bridgehead atoms. The van der Waals surface area contributed by atoms with Crippen LogP contribution in [0.25, 0.3) is 0 Å². The molecule has 0 unspecified atom stereocenters. The first-order valence-corrected chi connectivity index (χ1v) is 5.26. The predicted molar refractivity (Wildman–Crippen MR) is 59.2 cm³/mol. The summed E-state index contributed by atoms with van der Waals surface area (Å²) in [6.07, 6.45) is 0.